The highest BCUT2D eigenvalue weighted by molar-refractivity contribution is 6.30. The third-order valence-corrected chi connectivity index (χ3v) is 5.70. The van der Waals surface area contributed by atoms with Crippen LogP contribution in [0.3, 0.4) is 0 Å². The van der Waals surface area contributed by atoms with Crippen molar-refractivity contribution in [3.05, 3.63) is 34.9 Å². The van der Waals surface area contributed by atoms with E-state index in [-0.39, 0.29) is 0 Å². The fourth-order valence-electron chi connectivity index (χ4n) is 3.94. The van der Waals surface area contributed by atoms with Gasteiger partial charge in [0.25, 0.3) is 0 Å². The molecule has 2 fully saturated rings. The van der Waals surface area contributed by atoms with Crippen LogP contribution in [0.5, 0.6) is 0 Å². The zero-order valence-corrected chi connectivity index (χ0v) is 13.7. The van der Waals surface area contributed by atoms with Crippen LogP contribution in [0.25, 0.3) is 0 Å². The zero-order chi connectivity index (χ0) is 14.8. The summed E-state index contributed by atoms with van der Waals surface area (Å²) in [5.41, 5.74) is 7.71. The smallest absolute Gasteiger partial charge is 0.0406 e. The van der Waals surface area contributed by atoms with Gasteiger partial charge in [-0.1, -0.05) is 30.2 Å². The van der Waals surface area contributed by atoms with Gasteiger partial charge in [0, 0.05) is 30.2 Å². The van der Waals surface area contributed by atoms with E-state index >= 15 is 0 Å². The second kappa shape index (κ2) is 6.68. The molecule has 1 aliphatic carbocycles. The summed E-state index contributed by atoms with van der Waals surface area (Å²) in [4.78, 5) is 2.65. The Hall–Kier alpha value is -0.570. The summed E-state index contributed by atoms with van der Waals surface area (Å²) in [7, 11) is 0. The SMILES string of the molecule is CC(C1CCC1)N1CC(N)CC(Cc2ccc(Cl)cc2)C1. The fraction of sp³-hybridized carbons (Fsp3) is 0.667. The summed E-state index contributed by atoms with van der Waals surface area (Å²) in [5.74, 6) is 1.59. The average molecular weight is 307 g/mol. The van der Waals surface area contributed by atoms with Gasteiger partial charge in [0.15, 0.2) is 0 Å². The second-order valence-corrected chi connectivity index (χ2v) is 7.51. The second-order valence-electron chi connectivity index (χ2n) is 7.08. The first-order chi connectivity index (χ1) is 10.1. The van der Waals surface area contributed by atoms with Gasteiger partial charge in [-0.2, -0.15) is 0 Å². The van der Waals surface area contributed by atoms with Crippen LogP contribution in [0.4, 0.5) is 0 Å². The molecule has 0 bridgehead atoms. The van der Waals surface area contributed by atoms with Crippen molar-refractivity contribution in [2.45, 2.75) is 51.1 Å². The number of halogens is 1. The van der Waals surface area contributed by atoms with Crippen LogP contribution in [0.1, 0.15) is 38.2 Å². The lowest BCUT2D eigenvalue weighted by atomic mass is 9.78. The van der Waals surface area contributed by atoms with Gasteiger partial charge in [0.05, 0.1) is 0 Å². The maximum absolute atomic E-state index is 6.33. The van der Waals surface area contributed by atoms with E-state index in [1.807, 2.05) is 12.1 Å². The number of nitrogens with zero attached hydrogens (tertiary/aromatic N) is 1. The van der Waals surface area contributed by atoms with Crippen molar-refractivity contribution in [3.8, 4) is 0 Å². The molecule has 2 nitrogen and oxygen atoms in total. The largest absolute Gasteiger partial charge is 0.327 e. The van der Waals surface area contributed by atoms with E-state index in [2.05, 4.69) is 24.0 Å². The topological polar surface area (TPSA) is 29.3 Å². The first-order valence-electron chi connectivity index (χ1n) is 8.36. The molecule has 0 radical (unpaired) electrons. The number of likely N-dealkylation sites (tertiary alicyclic amines) is 1. The number of rotatable bonds is 4. The molecule has 1 saturated heterocycles. The third kappa shape index (κ3) is 3.80. The van der Waals surface area contributed by atoms with Crippen LogP contribution in [0.2, 0.25) is 5.02 Å². The summed E-state index contributed by atoms with van der Waals surface area (Å²) in [5, 5.41) is 0.819. The van der Waals surface area contributed by atoms with Crippen molar-refractivity contribution < 1.29 is 0 Å². The Morgan fingerprint density at radius 3 is 2.57 bits per heavy atom. The van der Waals surface area contributed by atoms with Crippen LogP contribution < -0.4 is 5.73 Å². The Bertz CT molecular complexity index is 455. The molecule has 2 N–H and O–H groups in total. The summed E-state index contributed by atoms with van der Waals surface area (Å²) < 4.78 is 0. The van der Waals surface area contributed by atoms with Crippen LogP contribution >= 0.6 is 11.6 Å². The minimum atomic E-state index is 0.332. The van der Waals surface area contributed by atoms with E-state index in [1.54, 1.807) is 0 Å². The van der Waals surface area contributed by atoms with E-state index < -0.39 is 0 Å². The van der Waals surface area contributed by atoms with Crippen molar-refractivity contribution in [1.82, 2.24) is 4.90 Å². The summed E-state index contributed by atoms with van der Waals surface area (Å²) in [6, 6.07) is 9.34. The van der Waals surface area contributed by atoms with Crippen LogP contribution in [0, 0.1) is 11.8 Å². The average Bonchev–Trinajstić information content (AvgIpc) is 2.39. The van der Waals surface area contributed by atoms with Gasteiger partial charge < -0.3 is 5.73 Å². The fourth-order valence-corrected chi connectivity index (χ4v) is 4.07. The van der Waals surface area contributed by atoms with Crippen molar-refractivity contribution in [2.24, 2.45) is 17.6 Å². The predicted octanol–water partition coefficient (Wildman–Crippen LogP) is 3.72. The van der Waals surface area contributed by atoms with Crippen LogP contribution in [0.15, 0.2) is 24.3 Å². The van der Waals surface area contributed by atoms with Crippen LogP contribution in [-0.2, 0) is 6.42 Å². The molecule has 3 heteroatoms. The maximum Gasteiger partial charge on any atom is 0.0406 e. The van der Waals surface area contributed by atoms with E-state index in [4.69, 9.17) is 17.3 Å². The van der Waals surface area contributed by atoms with Gasteiger partial charge in [0.2, 0.25) is 0 Å². The molecular formula is C18H27ClN2. The summed E-state index contributed by atoms with van der Waals surface area (Å²) in [6.07, 6.45) is 6.52. The minimum Gasteiger partial charge on any atom is -0.327 e. The zero-order valence-electron chi connectivity index (χ0n) is 13.0. The molecule has 0 aromatic heterocycles. The quantitative estimate of drug-likeness (QED) is 0.918. The lowest BCUT2D eigenvalue weighted by molar-refractivity contribution is 0.0587. The first kappa shape index (κ1) is 15.3. The molecule has 1 aliphatic heterocycles. The normalized spacial score (nSPS) is 29.1. The van der Waals surface area contributed by atoms with Crippen molar-refractivity contribution in [1.29, 1.82) is 0 Å². The van der Waals surface area contributed by atoms with E-state index in [0.717, 1.165) is 30.3 Å². The lowest BCUT2D eigenvalue weighted by Gasteiger charge is -2.45. The molecule has 1 aromatic rings. The Balaban J connectivity index is 1.61. The minimum absolute atomic E-state index is 0.332. The molecule has 3 atom stereocenters. The number of hydrogen-bond donors (Lipinski definition) is 1. The van der Waals surface area contributed by atoms with E-state index in [0.29, 0.717) is 18.0 Å². The standard InChI is InChI=1S/C18H27ClN2/c1-13(16-3-2-4-16)21-11-15(10-18(20)12-21)9-14-5-7-17(19)8-6-14/h5-8,13,15-16,18H,2-4,9-12,20H2,1H3. The highest BCUT2D eigenvalue weighted by Gasteiger charge is 2.33. The van der Waals surface area contributed by atoms with Gasteiger partial charge in [-0.25, -0.2) is 0 Å². The number of piperidine rings is 1. The van der Waals surface area contributed by atoms with Gasteiger partial charge in [-0.05, 0) is 62.1 Å². The molecule has 3 unspecified atom stereocenters. The Kier molecular flexibility index (Phi) is 4.88. The molecular weight excluding hydrogens is 280 g/mol. The molecule has 1 saturated carbocycles. The monoisotopic (exact) mass is 306 g/mol. The van der Waals surface area contributed by atoms with Crippen molar-refractivity contribution >= 4 is 11.6 Å². The number of nitrogens with two attached hydrogens (primary N) is 1. The predicted molar refractivity (Wildman–Crippen MR) is 89.6 cm³/mol. The molecule has 1 aromatic carbocycles. The molecule has 3 rings (SSSR count). The van der Waals surface area contributed by atoms with E-state index in [1.165, 1.54) is 31.4 Å². The van der Waals surface area contributed by atoms with Gasteiger partial charge >= 0.3 is 0 Å². The summed E-state index contributed by atoms with van der Waals surface area (Å²) >= 11 is 5.97. The van der Waals surface area contributed by atoms with Gasteiger partial charge in [0.1, 0.15) is 0 Å². The van der Waals surface area contributed by atoms with Gasteiger partial charge in [-0.15, -0.1) is 0 Å². The van der Waals surface area contributed by atoms with Crippen molar-refractivity contribution in [3.63, 3.8) is 0 Å². The summed E-state index contributed by atoms with van der Waals surface area (Å²) in [6.45, 7) is 4.68. The molecule has 0 spiro atoms. The third-order valence-electron chi connectivity index (χ3n) is 5.44. The van der Waals surface area contributed by atoms with E-state index in [9.17, 15) is 0 Å². The van der Waals surface area contributed by atoms with Crippen molar-refractivity contribution in [2.75, 3.05) is 13.1 Å². The Morgan fingerprint density at radius 1 is 1.24 bits per heavy atom. The molecule has 0 amide bonds. The highest BCUT2D eigenvalue weighted by Crippen LogP contribution is 2.34. The number of benzene rings is 1. The Labute approximate surface area is 133 Å². The lowest BCUT2D eigenvalue weighted by Crippen LogP contribution is -2.53. The van der Waals surface area contributed by atoms with Crippen LogP contribution in [-0.4, -0.2) is 30.1 Å². The molecule has 116 valence electrons. The maximum atomic E-state index is 6.33. The highest BCUT2D eigenvalue weighted by atomic mass is 35.5. The Morgan fingerprint density at radius 2 is 1.95 bits per heavy atom. The molecule has 1 heterocycles. The number of hydrogen-bond acceptors (Lipinski definition) is 2. The first-order valence-corrected chi connectivity index (χ1v) is 8.73. The molecule has 21 heavy (non-hydrogen) atoms. The van der Waals surface area contributed by atoms with Gasteiger partial charge in [-0.3, -0.25) is 4.90 Å². The molecule has 2 aliphatic rings.